The Labute approximate surface area is 203 Å². The number of nitrogens with one attached hydrogen (secondary N) is 1. The lowest BCUT2D eigenvalue weighted by Crippen LogP contribution is -2.63. The predicted molar refractivity (Wildman–Crippen MR) is 130 cm³/mol. The molecule has 9 nitrogen and oxygen atoms in total. The highest BCUT2D eigenvalue weighted by Gasteiger charge is 2.60. The van der Waals surface area contributed by atoms with Gasteiger partial charge in [0.15, 0.2) is 0 Å². The van der Waals surface area contributed by atoms with Crippen LogP contribution in [0.15, 0.2) is 10.6 Å². The van der Waals surface area contributed by atoms with Crippen LogP contribution >= 0.6 is 37.0 Å². The summed E-state index contributed by atoms with van der Waals surface area (Å²) in [6, 6.07) is -0.568. The van der Waals surface area contributed by atoms with Crippen LogP contribution in [-0.2, 0) is 14.4 Å². The second-order valence-corrected chi connectivity index (χ2v) is 10.9. The third-order valence-corrected chi connectivity index (χ3v) is 8.44. The minimum absolute atomic E-state index is 0.00757. The third kappa shape index (κ3) is 5.58. The normalized spacial score (nSPS) is 30.8. The molecule has 0 aromatic heterocycles. The summed E-state index contributed by atoms with van der Waals surface area (Å²) in [7, 11) is 3.42. The quantitative estimate of drug-likeness (QED) is 0.208. The number of rotatable bonds is 7. The zero-order valence-electron chi connectivity index (χ0n) is 18.6. The summed E-state index contributed by atoms with van der Waals surface area (Å²) in [5, 5.41) is 31.0. The van der Waals surface area contributed by atoms with Gasteiger partial charge in [0, 0.05) is 47.7 Å². The number of aliphatic hydroxyl groups is 2. The maximum Gasteiger partial charge on any atom is 0.353 e. The van der Waals surface area contributed by atoms with E-state index >= 15 is 0 Å². The van der Waals surface area contributed by atoms with E-state index in [1.807, 2.05) is 6.92 Å². The average molecular weight is 508 g/mol. The predicted octanol–water partition coefficient (Wildman–Crippen LogP) is -0.101. The SMILES string of the molecule is C[C@@H](O)[C@H]1C(=O)N2C(C(=O)O)=C(S[C@@H]3CN[C@H](C(=O)N(C)C)C3)[C@H](C)[C@H]12.OCC(S)CS. The molecule has 7 atom stereocenters. The first-order chi connectivity index (χ1) is 15.0. The van der Waals surface area contributed by atoms with Crippen LogP contribution in [0.2, 0.25) is 0 Å². The van der Waals surface area contributed by atoms with E-state index in [1.165, 1.54) is 16.7 Å². The van der Waals surface area contributed by atoms with Crippen LogP contribution < -0.4 is 5.32 Å². The number of aliphatic carboxylic acids is 1. The van der Waals surface area contributed by atoms with Crippen molar-refractivity contribution in [1.82, 2.24) is 15.1 Å². The molecule has 3 heterocycles. The van der Waals surface area contributed by atoms with Crippen LogP contribution in [0, 0.1) is 11.8 Å². The molecule has 12 heteroatoms. The van der Waals surface area contributed by atoms with Gasteiger partial charge in [0.05, 0.1) is 30.7 Å². The van der Waals surface area contributed by atoms with Gasteiger partial charge < -0.3 is 30.4 Å². The number of hydrogen-bond acceptors (Lipinski definition) is 9. The molecule has 3 rings (SSSR count). The van der Waals surface area contributed by atoms with Gasteiger partial charge in [-0.05, 0) is 13.3 Å². The first-order valence-electron chi connectivity index (χ1n) is 10.5. The van der Waals surface area contributed by atoms with Crippen molar-refractivity contribution in [2.75, 3.05) is 33.0 Å². The number of aliphatic hydroxyl groups excluding tert-OH is 2. The number of nitrogens with zero attached hydrogens (tertiary/aromatic N) is 2. The van der Waals surface area contributed by atoms with E-state index in [-0.39, 0.29) is 52.6 Å². The zero-order valence-corrected chi connectivity index (χ0v) is 21.2. The van der Waals surface area contributed by atoms with E-state index in [4.69, 9.17) is 5.11 Å². The van der Waals surface area contributed by atoms with Crippen LogP contribution in [0.4, 0.5) is 0 Å². The molecule has 0 aromatic rings. The van der Waals surface area contributed by atoms with Gasteiger partial charge in [0.1, 0.15) is 5.70 Å². The molecular formula is C20H33N3O6S3. The number of hydrogen-bond donors (Lipinski definition) is 6. The Kier molecular flexibility index (Phi) is 9.80. The van der Waals surface area contributed by atoms with Gasteiger partial charge in [-0.1, -0.05) is 6.92 Å². The molecule has 3 aliphatic heterocycles. The first kappa shape index (κ1) is 27.3. The lowest BCUT2D eigenvalue weighted by Gasteiger charge is -2.46. The highest BCUT2D eigenvalue weighted by Crippen LogP contribution is 2.51. The number of carboxylic acid groups (broad SMARTS) is 1. The van der Waals surface area contributed by atoms with Gasteiger partial charge in [-0.25, -0.2) is 4.79 Å². The molecule has 2 saturated heterocycles. The lowest BCUT2D eigenvalue weighted by atomic mass is 9.79. The molecule has 32 heavy (non-hydrogen) atoms. The van der Waals surface area contributed by atoms with Crippen LogP contribution in [0.25, 0.3) is 0 Å². The molecular weight excluding hydrogens is 474 g/mol. The van der Waals surface area contributed by atoms with Crippen molar-refractivity contribution in [3.8, 4) is 0 Å². The van der Waals surface area contributed by atoms with Crippen molar-refractivity contribution in [2.45, 2.75) is 49.0 Å². The summed E-state index contributed by atoms with van der Waals surface area (Å²) in [6.07, 6.45) is -0.190. The Morgan fingerprint density at radius 2 is 2.00 bits per heavy atom. The van der Waals surface area contributed by atoms with E-state index in [1.54, 1.807) is 25.9 Å². The second-order valence-electron chi connectivity index (χ2n) is 8.46. The van der Waals surface area contributed by atoms with E-state index in [2.05, 4.69) is 30.6 Å². The van der Waals surface area contributed by atoms with E-state index < -0.39 is 18.0 Å². The number of β-lactam (4-membered cyclic amide) rings is 1. The molecule has 0 saturated carbocycles. The summed E-state index contributed by atoms with van der Waals surface area (Å²) in [5.41, 5.74) is 0.0387. The Hall–Kier alpha value is -0.920. The largest absolute Gasteiger partial charge is 0.477 e. The molecule has 0 aromatic carbocycles. The number of thioether (sulfide) groups is 1. The van der Waals surface area contributed by atoms with Gasteiger partial charge in [-0.3, -0.25) is 9.59 Å². The molecule has 0 aliphatic carbocycles. The Balaban J connectivity index is 0.000000534. The molecule has 0 spiro atoms. The number of thiol groups is 2. The fourth-order valence-corrected chi connectivity index (χ4v) is 5.80. The van der Waals surface area contributed by atoms with Crippen LogP contribution in [0.3, 0.4) is 0 Å². The molecule has 0 bridgehead atoms. The minimum atomic E-state index is -1.12. The van der Waals surface area contributed by atoms with Gasteiger partial charge in [-0.2, -0.15) is 25.3 Å². The second kappa shape index (κ2) is 11.5. The number of carbonyl (C=O) groups excluding carboxylic acids is 2. The summed E-state index contributed by atoms with van der Waals surface area (Å²) in [5.74, 6) is -1.50. The smallest absolute Gasteiger partial charge is 0.353 e. The summed E-state index contributed by atoms with van der Waals surface area (Å²) in [6.45, 7) is 4.20. The number of fused-ring (bicyclic) bond motifs is 1. The molecule has 0 radical (unpaired) electrons. The molecule has 182 valence electrons. The van der Waals surface area contributed by atoms with Gasteiger partial charge in [-0.15, -0.1) is 11.8 Å². The van der Waals surface area contributed by atoms with Gasteiger partial charge in [0.25, 0.3) is 0 Å². The third-order valence-electron chi connectivity index (χ3n) is 5.86. The molecule has 2 fully saturated rings. The van der Waals surface area contributed by atoms with Gasteiger partial charge in [0.2, 0.25) is 11.8 Å². The van der Waals surface area contributed by atoms with Crippen LogP contribution in [0.1, 0.15) is 20.3 Å². The Morgan fingerprint density at radius 1 is 1.38 bits per heavy atom. The number of carboxylic acids is 1. The first-order valence-corrected chi connectivity index (χ1v) is 12.5. The van der Waals surface area contributed by atoms with E-state index in [0.717, 1.165) is 0 Å². The molecule has 1 unspecified atom stereocenters. The lowest BCUT2D eigenvalue weighted by molar-refractivity contribution is -0.163. The fraction of sp³-hybridized carbons (Fsp3) is 0.750. The number of likely N-dealkylation sites (N-methyl/N-ethyl adjacent to an activating group) is 1. The van der Waals surface area contributed by atoms with Crippen molar-refractivity contribution < 1.29 is 29.7 Å². The molecule has 4 N–H and O–H groups in total. The average Bonchev–Trinajstić information content (AvgIpc) is 3.29. The van der Waals surface area contributed by atoms with Crippen molar-refractivity contribution in [3.63, 3.8) is 0 Å². The highest BCUT2D eigenvalue weighted by atomic mass is 32.2. The van der Waals surface area contributed by atoms with Crippen molar-refractivity contribution in [1.29, 1.82) is 0 Å². The van der Waals surface area contributed by atoms with E-state index in [0.29, 0.717) is 23.6 Å². The summed E-state index contributed by atoms with van der Waals surface area (Å²) < 4.78 is 0. The Morgan fingerprint density at radius 3 is 2.44 bits per heavy atom. The maximum atomic E-state index is 12.3. The Bertz CT molecular complexity index is 759. The zero-order chi connectivity index (χ0) is 24.3. The highest BCUT2D eigenvalue weighted by molar-refractivity contribution is 8.03. The van der Waals surface area contributed by atoms with Crippen molar-refractivity contribution in [2.24, 2.45) is 11.8 Å². The van der Waals surface area contributed by atoms with Crippen LogP contribution in [-0.4, -0.2) is 105 Å². The van der Waals surface area contributed by atoms with E-state index in [9.17, 15) is 24.6 Å². The maximum absolute atomic E-state index is 12.3. The van der Waals surface area contributed by atoms with Crippen molar-refractivity contribution >= 4 is 54.8 Å². The number of carbonyl (C=O) groups is 3. The topological polar surface area (TPSA) is 130 Å². The number of amides is 2. The standard InChI is InChI=1S/C17H25N3O5S.C3H8OS2/c1-7-12-11(8(2)21)16(23)20(12)13(17(24)25)14(7)26-9-5-10(18-6-9)15(22)19(3)4;4-1-3(6)2-5/h7-12,18,21H,5-6H2,1-4H3,(H,24,25);3-6H,1-2H2/t7-,8-,9+,10+,11-,12-;/m1./s1. The summed E-state index contributed by atoms with van der Waals surface area (Å²) >= 11 is 9.21. The minimum Gasteiger partial charge on any atom is -0.477 e. The molecule has 2 amide bonds. The fourth-order valence-electron chi connectivity index (χ4n) is 4.21. The van der Waals surface area contributed by atoms with Gasteiger partial charge >= 0.3 is 5.97 Å². The van der Waals surface area contributed by atoms with Crippen LogP contribution in [0.5, 0.6) is 0 Å². The van der Waals surface area contributed by atoms with Crippen molar-refractivity contribution in [3.05, 3.63) is 10.6 Å². The molecule has 3 aliphatic rings. The summed E-state index contributed by atoms with van der Waals surface area (Å²) in [4.78, 5) is 39.8. The monoisotopic (exact) mass is 507 g/mol.